The smallest absolute Gasteiger partial charge is 0.311 e. The van der Waals surface area contributed by atoms with Crippen LogP contribution in [0.3, 0.4) is 0 Å². The first-order valence-corrected chi connectivity index (χ1v) is 13.0. The molecule has 0 spiro atoms. The Morgan fingerprint density at radius 1 is 1.21 bits per heavy atom. The fraction of sp³-hybridized carbons (Fsp3) is 0.786. The topological polar surface area (TPSA) is 61.8 Å². The van der Waals surface area contributed by atoms with Gasteiger partial charge in [0.2, 0.25) is 0 Å². The van der Waals surface area contributed by atoms with Crippen LogP contribution in [0.2, 0.25) is 0 Å². The average Bonchev–Trinajstić information content (AvgIpc) is 2.72. The van der Waals surface area contributed by atoms with E-state index in [-0.39, 0.29) is 42.3 Å². The van der Waals surface area contributed by atoms with Crippen molar-refractivity contribution in [3.8, 4) is 0 Å². The molecule has 186 valence electrons. The third-order valence-electron chi connectivity index (χ3n) is 7.80. The van der Waals surface area contributed by atoms with Crippen molar-refractivity contribution in [2.45, 2.75) is 111 Å². The maximum absolute atomic E-state index is 13.0. The standard InChI is InChI=1S/C28H44O5/c1-8-28(6,7)27(30)33-24-14-18(4)13-20-10-9-19(5)23(26(20)24)12-11-21-15-22(31-17(2)3)16-25(29)32-21/h9-10,13,17-19,21-24,26H,8,11-12,14-16H2,1-7H3/t18-,19-,21+,22+,23-,24-,26-/m0/s1. The minimum Gasteiger partial charge on any atom is -0.462 e. The van der Waals surface area contributed by atoms with Gasteiger partial charge in [-0.15, -0.1) is 0 Å². The van der Waals surface area contributed by atoms with Gasteiger partial charge >= 0.3 is 11.9 Å². The highest BCUT2D eigenvalue weighted by Crippen LogP contribution is 2.45. The fourth-order valence-corrected chi connectivity index (χ4v) is 5.55. The minimum absolute atomic E-state index is 0.0594. The number of esters is 2. The Hall–Kier alpha value is -1.62. The number of carbonyl (C=O) groups excluding carboxylic acids is 2. The second kappa shape index (κ2) is 10.8. The molecule has 3 rings (SSSR count). The molecule has 5 heteroatoms. The number of cyclic esters (lactones) is 1. The predicted molar refractivity (Wildman–Crippen MR) is 129 cm³/mol. The summed E-state index contributed by atoms with van der Waals surface area (Å²) in [4.78, 5) is 25.1. The van der Waals surface area contributed by atoms with E-state index in [0.29, 0.717) is 24.2 Å². The molecular formula is C28H44O5. The Bertz CT molecular complexity index is 764. The van der Waals surface area contributed by atoms with E-state index in [2.05, 4.69) is 32.1 Å². The number of fused-ring (bicyclic) bond motifs is 1. The largest absolute Gasteiger partial charge is 0.462 e. The van der Waals surface area contributed by atoms with Gasteiger partial charge in [0, 0.05) is 12.3 Å². The summed E-state index contributed by atoms with van der Waals surface area (Å²) in [7, 11) is 0. The molecule has 0 aromatic heterocycles. The maximum Gasteiger partial charge on any atom is 0.311 e. The lowest BCUT2D eigenvalue weighted by Crippen LogP contribution is -2.43. The summed E-state index contributed by atoms with van der Waals surface area (Å²) in [5.74, 6) is 1.04. The summed E-state index contributed by atoms with van der Waals surface area (Å²) in [6.07, 6.45) is 11.2. The van der Waals surface area contributed by atoms with E-state index in [0.717, 1.165) is 32.1 Å². The van der Waals surface area contributed by atoms with Crippen molar-refractivity contribution in [2.75, 3.05) is 0 Å². The summed E-state index contributed by atoms with van der Waals surface area (Å²) in [5.41, 5.74) is 0.823. The van der Waals surface area contributed by atoms with E-state index in [1.807, 2.05) is 34.6 Å². The molecule has 1 fully saturated rings. The number of rotatable bonds is 8. The van der Waals surface area contributed by atoms with Crippen LogP contribution >= 0.6 is 0 Å². The van der Waals surface area contributed by atoms with Gasteiger partial charge in [-0.3, -0.25) is 9.59 Å². The van der Waals surface area contributed by atoms with Gasteiger partial charge in [-0.2, -0.15) is 0 Å². The van der Waals surface area contributed by atoms with E-state index in [1.165, 1.54) is 5.57 Å². The molecule has 1 saturated heterocycles. The summed E-state index contributed by atoms with van der Waals surface area (Å²) in [5, 5.41) is 0. The number of ether oxygens (including phenoxy) is 3. The molecule has 0 unspecified atom stereocenters. The van der Waals surface area contributed by atoms with Gasteiger partial charge in [-0.25, -0.2) is 0 Å². The summed E-state index contributed by atoms with van der Waals surface area (Å²) in [6.45, 7) is 14.4. The first-order valence-electron chi connectivity index (χ1n) is 13.0. The van der Waals surface area contributed by atoms with Crippen LogP contribution in [0.5, 0.6) is 0 Å². The van der Waals surface area contributed by atoms with Gasteiger partial charge in [0.05, 0.1) is 24.0 Å². The van der Waals surface area contributed by atoms with Gasteiger partial charge in [0.25, 0.3) is 0 Å². The van der Waals surface area contributed by atoms with E-state index < -0.39 is 5.41 Å². The molecule has 7 atom stereocenters. The molecule has 0 radical (unpaired) electrons. The van der Waals surface area contributed by atoms with Crippen LogP contribution in [0.15, 0.2) is 23.8 Å². The Balaban J connectivity index is 1.73. The number of allylic oxidation sites excluding steroid dienone is 3. The van der Waals surface area contributed by atoms with Crippen LogP contribution in [-0.4, -0.2) is 36.4 Å². The summed E-state index contributed by atoms with van der Waals surface area (Å²) >= 11 is 0. The van der Waals surface area contributed by atoms with Crippen molar-refractivity contribution < 1.29 is 23.8 Å². The summed E-state index contributed by atoms with van der Waals surface area (Å²) in [6, 6.07) is 0. The maximum atomic E-state index is 13.0. The van der Waals surface area contributed by atoms with Crippen molar-refractivity contribution >= 4 is 11.9 Å². The SMILES string of the molecule is CCC(C)(C)C(=O)O[C@H]1C[C@@H](C)C=C2C=C[C@H](C)[C@H](CC[C@@H]3C[C@@H](OC(C)C)CC(=O)O3)[C@H]21. The quantitative estimate of drug-likeness (QED) is 0.415. The molecule has 5 nitrogen and oxygen atoms in total. The normalized spacial score (nSPS) is 34.5. The fourth-order valence-electron chi connectivity index (χ4n) is 5.55. The van der Waals surface area contributed by atoms with Crippen LogP contribution < -0.4 is 0 Å². The zero-order valence-corrected chi connectivity index (χ0v) is 21.6. The Labute approximate surface area is 200 Å². The van der Waals surface area contributed by atoms with Crippen LogP contribution in [-0.2, 0) is 23.8 Å². The van der Waals surface area contributed by atoms with Gasteiger partial charge in [0.1, 0.15) is 12.2 Å². The van der Waals surface area contributed by atoms with Gasteiger partial charge < -0.3 is 14.2 Å². The molecule has 0 aromatic carbocycles. The first kappa shape index (κ1) is 26.0. The van der Waals surface area contributed by atoms with Crippen molar-refractivity contribution in [3.05, 3.63) is 23.8 Å². The number of hydrogen-bond donors (Lipinski definition) is 0. The third kappa shape index (κ3) is 6.49. The second-order valence-corrected chi connectivity index (χ2v) is 11.4. The Morgan fingerprint density at radius 3 is 2.61 bits per heavy atom. The molecule has 1 heterocycles. The third-order valence-corrected chi connectivity index (χ3v) is 7.80. The Morgan fingerprint density at radius 2 is 1.94 bits per heavy atom. The average molecular weight is 461 g/mol. The highest BCUT2D eigenvalue weighted by molar-refractivity contribution is 5.76. The zero-order chi connectivity index (χ0) is 24.3. The summed E-state index contributed by atoms with van der Waals surface area (Å²) < 4.78 is 17.8. The molecule has 0 N–H and O–H groups in total. The van der Waals surface area contributed by atoms with Gasteiger partial charge in [0.15, 0.2) is 0 Å². The lowest BCUT2D eigenvalue weighted by molar-refractivity contribution is -0.168. The van der Waals surface area contributed by atoms with Crippen molar-refractivity contribution in [2.24, 2.45) is 29.1 Å². The number of hydrogen-bond acceptors (Lipinski definition) is 5. The van der Waals surface area contributed by atoms with E-state index in [4.69, 9.17) is 14.2 Å². The number of carbonyl (C=O) groups is 2. The molecule has 0 bridgehead atoms. The molecular weight excluding hydrogens is 416 g/mol. The first-order chi connectivity index (χ1) is 15.5. The molecule has 0 amide bonds. The molecule has 0 saturated carbocycles. The highest BCUT2D eigenvalue weighted by atomic mass is 16.6. The van der Waals surface area contributed by atoms with Gasteiger partial charge in [-0.05, 0) is 76.7 Å². The van der Waals surface area contributed by atoms with E-state index in [1.54, 1.807) is 0 Å². The van der Waals surface area contributed by atoms with Crippen molar-refractivity contribution in [1.82, 2.24) is 0 Å². The molecule has 0 aromatic rings. The highest BCUT2D eigenvalue weighted by Gasteiger charge is 2.43. The predicted octanol–water partition coefficient (Wildman–Crippen LogP) is 6.02. The molecule has 3 aliphatic rings. The Kier molecular flexibility index (Phi) is 8.47. The lowest BCUT2D eigenvalue weighted by atomic mass is 9.65. The van der Waals surface area contributed by atoms with E-state index >= 15 is 0 Å². The van der Waals surface area contributed by atoms with Gasteiger partial charge in [-0.1, -0.05) is 39.0 Å². The van der Waals surface area contributed by atoms with Crippen LogP contribution in [0, 0.1) is 29.1 Å². The van der Waals surface area contributed by atoms with Crippen molar-refractivity contribution in [1.29, 1.82) is 0 Å². The molecule has 1 aliphatic heterocycles. The monoisotopic (exact) mass is 460 g/mol. The van der Waals surface area contributed by atoms with E-state index in [9.17, 15) is 9.59 Å². The molecule has 2 aliphatic carbocycles. The minimum atomic E-state index is -0.474. The van der Waals surface area contributed by atoms with Crippen molar-refractivity contribution in [3.63, 3.8) is 0 Å². The lowest BCUT2D eigenvalue weighted by Gasteiger charge is -2.44. The zero-order valence-electron chi connectivity index (χ0n) is 21.6. The second-order valence-electron chi connectivity index (χ2n) is 11.4. The van der Waals surface area contributed by atoms with Crippen LogP contribution in [0.1, 0.15) is 87.0 Å². The molecule has 33 heavy (non-hydrogen) atoms. The van der Waals surface area contributed by atoms with Crippen LogP contribution in [0.4, 0.5) is 0 Å². The van der Waals surface area contributed by atoms with Crippen LogP contribution in [0.25, 0.3) is 0 Å².